The fraction of sp³-hybridized carbons (Fsp3) is 0.571. The highest BCUT2D eigenvalue weighted by Gasteiger charge is 2.44. The van der Waals surface area contributed by atoms with Gasteiger partial charge in [-0.1, -0.05) is 18.6 Å². The second-order valence-electron chi connectivity index (χ2n) is 5.45. The maximum atomic E-state index is 14.2. The van der Waals surface area contributed by atoms with Gasteiger partial charge >= 0.3 is 6.18 Å². The summed E-state index contributed by atoms with van der Waals surface area (Å²) in [6.45, 7) is 0. The predicted octanol–water partition coefficient (Wildman–Crippen LogP) is 4.46. The second kappa shape index (κ2) is 6.62. The van der Waals surface area contributed by atoms with E-state index in [4.69, 9.17) is 5.84 Å². The van der Waals surface area contributed by atoms with Gasteiger partial charge in [-0.05, 0) is 47.2 Å². The van der Waals surface area contributed by atoms with Crippen molar-refractivity contribution in [2.24, 2.45) is 17.7 Å². The number of hydrogen-bond donors (Lipinski definition) is 2. The average Bonchev–Trinajstić information content (AvgIpc) is 2.44. The molecule has 1 aromatic carbocycles. The van der Waals surface area contributed by atoms with E-state index in [9.17, 15) is 17.6 Å². The van der Waals surface area contributed by atoms with Gasteiger partial charge < -0.3 is 0 Å². The van der Waals surface area contributed by atoms with E-state index in [1.807, 2.05) is 0 Å². The highest BCUT2D eigenvalue weighted by Crippen LogP contribution is 2.44. The van der Waals surface area contributed by atoms with Crippen LogP contribution in [0.5, 0.6) is 0 Å². The molecule has 0 heterocycles. The van der Waals surface area contributed by atoms with Gasteiger partial charge in [-0.15, -0.1) is 0 Å². The summed E-state index contributed by atoms with van der Waals surface area (Å²) in [5.41, 5.74) is 2.81. The van der Waals surface area contributed by atoms with E-state index in [0.29, 0.717) is 18.4 Å². The van der Waals surface area contributed by atoms with Gasteiger partial charge in [0.2, 0.25) is 0 Å². The number of alkyl halides is 3. The Bertz CT molecular complexity index is 492. The van der Waals surface area contributed by atoms with Crippen LogP contribution in [0, 0.1) is 17.7 Å². The minimum Gasteiger partial charge on any atom is -0.271 e. The largest absolute Gasteiger partial charge is 0.391 e. The molecule has 1 aliphatic rings. The van der Waals surface area contributed by atoms with Gasteiger partial charge in [-0.2, -0.15) is 13.2 Å². The van der Waals surface area contributed by atoms with Crippen molar-refractivity contribution in [1.29, 1.82) is 0 Å². The Morgan fingerprint density at radius 2 is 2.00 bits per heavy atom. The highest BCUT2D eigenvalue weighted by atomic mass is 79.9. The van der Waals surface area contributed by atoms with Crippen molar-refractivity contribution in [2.75, 3.05) is 0 Å². The Labute approximate surface area is 129 Å². The normalized spacial score (nSPS) is 24.9. The van der Waals surface area contributed by atoms with Crippen molar-refractivity contribution in [3.05, 3.63) is 34.1 Å². The molecule has 118 valence electrons. The summed E-state index contributed by atoms with van der Waals surface area (Å²) in [5, 5.41) is 0. The van der Waals surface area contributed by atoms with Crippen LogP contribution < -0.4 is 11.3 Å². The van der Waals surface area contributed by atoms with Crippen molar-refractivity contribution in [2.45, 2.75) is 37.9 Å². The van der Waals surface area contributed by atoms with Gasteiger partial charge in [0, 0.05) is 5.56 Å². The molecule has 2 rings (SSSR count). The molecule has 0 spiro atoms. The van der Waals surface area contributed by atoms with E-state index in [1.165, 1.54) is 0 Å². The third-order valence-electron chi connectivity index (χ3n) is 4.15. The smallest absolute Gasteiger partial charge is 0.271 e. The third-order valence-corrected chi connectivity index (χ3v) is 4.76. The zero-order chi connectivity index (χ0) is 15.6. The average molecular weight is 369 g/mol. The van der Waals surface area contributed by atoms with Gasteiger partial charge in [-0.3, -0.25) is 11.3 Å². The van der Waals surface area contributed by atoms with Gasteiger partial charge in [0.15, 0.2) is 0 Å². The van der Waals surface area contributed by atoms with Crippen LogP contribution in [-0.2, 0) is 0 Å². The molecule has 7 heteroatoms. The van der Waals surface area contributed by atoms with Crippen LogP contribution in [0.1, 0.15) is 37.3 Å². The zero-order valence-electron chi connectivity index (χ0n) is 11.3. The number of hydrogen-bond acceptors (Lipinski definition) is 2. The lowest BCUT2D eigenvalue weighted by Gasteiger charge is -2.35. The van der Waals surface area contributed by atoms with E-state index in [-0.39, 0.29) is 23.2 Å². The first-order valence-electron chi connectivity index (χ1n) is 6.81. The van der Waals surface area contributed by atoms with Crippen LogP contribution in [0.25, 0.3) is 0 Å². The summed E-state index contributed by atoms with van der Waals surface area (Å²) in [4.78, 5) is 0. The number of benzene rings is 1. The summed E-state index contributed by atoms with van der Waals surface area (Å²) in [6.07, 6.45) is -3.01. The van der Waals surface area contributed by atoms with Crippen molar-refractivity contribution in [3.63, 3.8) is 0 Å². The Kier molecular flexibility index (Phi) is 5.27. The third kappa shape index (κ3) is 3.76. The minimum absolute atomic E-state index is 0.0235. The topological polar surface area (TPSA) is 38.0 Å². The first kappa shape index (κ1) is 16.7. The van der Waals surface area contributed by atoms with Crippen molar-refractivity contribution < 1.29 is 17.6 Å². The lowest BCUT2D eigenvalue weighted by atomic mass is 9.76. The molecule has 1 aliphatic carbocycles. The molecule has 1 saturated carbocycles. The number of halogens is 5. The summed E-state index contributed by atoms with van der Waals surface area (Å²) in [6, 6.07) is 4.14. The molecule has 1 fully saturated rings. The Morgan fingerprint density at radius 1 is 1.29 bits per heavy atom. The molecule has 1 aromatic rings. The first-order valence-corrected chi connectivity index (χ1v) is 7.60. The quantitative estimate of drug-likeness (QED) is 0.469. The Morgan fingerprint density at radius 3 is 2.62 bits per heavy atom. The molecular formula is C14H17BrF4N2. The SMILES string of the molecule is NNC(c1cccc(Br)c1F)C1CCCC(C(F)(F)F)C1. The van der Waals surface area contributed by atoms with E-state index in [1.54, 1.807) is 18.2 Å². The number of nitrogens with one attached hydrogen (secondary N) is 1. The number of rotatable bonds is 3. The molecule has 3 atom stereocenters. The molecule has 0 saturated heterocycles. The summed E-state index contributed by atoms with van der Waals surface area (Å²) in [5.74, 6) is 3.35. The van der Waals surface area contributed by atoms with Crippen molar-refractivity contribution >= 4 is 15.9 Å². The van der Waals surface area contributed by atoms with E-state index >= 15 is 0 Å². The zero-order valence-corrected chi connectivity index (χ0v) is 12.8. The number of nitrogens with two attached hydrogens (primary N) is 1. The van der Waals surface area contributed by atoms with Crippen LogP contribution in [-0.4, -0.2) is 6.18 Å². The lowest BCUT2D eigenvalue weighted by Crippen LogP contribution is -2.38. The fourth-order valence-corrected chi connectivity index (χ4v) is 3.45. The van der Waals surface area contributed by atoms with Crippen LogP contribution in [0.15, 0.2) is 22.7 Å². The fourth-order valence-electron chi connectivity index (χ4n) is 3.07. The maximum absolute atomic E-state index is 14.2. The molecule has 0 bridgehead atoms. The molecule has 0 aromatic heterocycles. The van der Waals surface area contributed by atoms with Gasteiger partial charge in [0.25, 0.3) is 0 Å². The minimum atomic E-state index is -4.20. The molecule has 3 N–H and O–H groups in total. The summed E-state index contributed by atoms with van der Waals surface area (Å²) in [7, 11) is 0. The maximum Gasteiger partial charge on any atom is 0.391 e. The first-order chi connectivity index (χ1) is 9.84. The molecule has 3 unspecified atom stereocenters. The van der Waals surface area contributed by atoms with Crippen molar-refractivity contribution in [1.82, 2.24) is 5.43 Å². The van der Waals surface area contributed by atoms with Crippen LogP contribution in [0.2, 0.25) is 0 Å². The summed E-state index contributed by atoms with van der Waals surface area (Å²) >= 11 is 3.09. The monoisotopic (exact) mass is 368 g/mol. The number of hydrazine groups is 1. The van der Waals surface area contributed by atoms with Crippen LogP contribution in [0.3, 0.4) is 0 Å². The van der Waals surface area contributed by atoms with Crippen LogP contribution >= 0.6 is 15.9 Å². The second-order valence-corrected chi connectivity index (χ2v) is 6.31. The standard InChI is InChI=1S/C14H17BrF4N2/c15-11-6-2-5-10(12(11)16)13(21-20)8-3-1-4-9(7-8)14(17,18)19/h2,5-6,8-9,13,21H,1,3-4,7,20H2. The van der Waals surface area contributed by atoms with Crippen LogP contribution in [0.4, 0.5) is 17.6 Å². The van der Waals surface area contributed by atoms with Crippen molar-refractivity contribution in [3.8, 4) is 0 Å². The molecule has 0 radical (unpaired) electrons. The van der Waals surface area contributed by atoms with E-state index in [0.717, 1.165) is 0 Å². The summed E-state index contributed by atoms with van der Waals surface area (Å²) < 4.78 is 53.1. The van der Waals surface area contributed by atoms with E-state index < -0.39 is 24.0 Å². The molecule has 0 amide bonds. The Hall–Kier alpha value is -0.660. The molecular weight excluding hydrogens is 352 g/mol. The molecule has 21 heavy (non-hydrogen) atoms. The lowest BCUT2D eigenvalue weighted by molar-refractivity contribution is -0.186. The molecule has 0 aliphatic heterocycles. The van der Waals surface area contributed by atoms with Gasteiger partial charge in [0.05, 0.1) is 16.4 Å². The predicted molar refractivity (Wildman–Crippen MR) is 75.7 cm³/mol. The van der Waals surface area contributed by atoms with Gasteiger partial charge in [0.1, 0.15) is 5.82 Å². The molecule has 2 nitrogen and oxygen atoms in total. The van der Waals surface area contributed by atoms with E-state index in [2.05, 4.69) is 21.4 Å². The highest BCUT2D eigenvalue weighted by molar-refractivity contribution is 9.10. The van der Waals surface area contributed by atoms with Gasteiger partial charge in [-0.25, -0.2) is 4.39 Å². The Balaban J connectivity index is 2.23.